The molecule has 1 amide bonds. The average Bonchev–Trinajstić information content (AvgIpc) is 3.15. The van der Waals surface area contributed by atoms with E-state index in [1.165, 1.54) is 27.8 Å². The van der Waals surface area contributed by atoms with Crippen molar-refractivity contribution in [2.45, 2.75) is 19.4 Å². The molecule has 2 N–H and O–H groups in total. The van der Waals surface area contributed by atoms with Gasteiger partial charge in [0.05, 0.1) is 0 Å². The number of benzene rings is 3. The molecule has 0 atom stereocenters. The number of hydrogen-bond acceptors (Lipinski definition) is 4. The van der Waals surface area contributed by atoms with E-state index in [1.54, 1.807) is 0 Å². The number of fused-ring (bicyclic) bond motifs is 3. The van der Waals surface area contributed by atoms with Gasteiger partial charge in [-0.3, -0.25) is 4.90 Å². The number of ether oxygens (including phenoxy) is 1. The van der Waals surface area contributed by atoms with Crippen LogP contribution in [0.4, 0.5) is 10.5 Å². The molecular weight excluding hydrogens is 525 g/mol. The van der Waals surface area contributed by atoms with Gasteiger partial charge in [0.1, 0.15) is 6.61 Å². The number of rotatable bonds is 4. The molecule has 1 fully saturated rings. The summed E-state index contributed by atoms with van der Waals surface area (Å²) >= 11 is 2.31. The van der Waals surface area contributed by atoms with Gasteiger partial charge in [-0.1, -0.05) is 48.5 Å². The number of carbonyl (C=O) groups excluding carboxylic acids is 1. The summed E-state index contributed by atoms with van der Waals surface area (Å²) in [5, 5.41) is 0. The maximum atomic E-state index is 12.9. The number of nitrogens with two attached hydrogens (primary N) is 1. The molecule has 3 aromatic rings. The lowest BCUT2D eigenvalue weighted by molar-refractivity contribution is 0.0728. The molecule has 170 valence electrons. The Balaban J connectivity index is 1.18. The van der Waals surface area contributed by atoms with E-state index in [9.17, 15) is 4.79 Å². The van der Waals surface area contributed by atoms with Crippen LogP contribution < -0.4 is 5.73 Å². The first-order valence-electron chi connectivity index (χ1n) is 11.4. The Morgan fingerprint density at radius 2 is 1.61 bits per heavy atom. The Hall–Kier alpha value is -2.58. The van der Waals surface area contributed by atoms with E-state index < -0.39 is 0 Å². The fourth-order valence-electron chi connectivity index (χ4n) is 4.94. The van der Waals surface area contributed by atoms with E-state index in [0.29, 0.717) is 19.7 Å². The highest BCUT2D eigenvalue weighted by Gasteiger charge is 2.30. The molecule has 0 unspecified atom stereocenters. The van der Waals surface area contributed by atoms with Crippen molar-refractivity contribution in [3.63, 3.8) is 0 Å². The number of nitrogens with zero attached hydrogens (tertiary/aromatic N) is 2. The van der Waals surface area contributed by atoms with Crippen molar-refractivity contribution in [2.75, 3.05) is 38.5 Å². The summed E-state index contributed by atoms with van der Waals surface area (Å²) in [5.74, 6) is 0.0941. The normalized spacial score (nSPS) is 15.9. The maximum Gasteiger partial charge on any atom is 0.409 e. The Kier molecular flexibility index (Phi) is 6.29. The highest BCUT2D eigenvalue weighted by Crippen LogP contribution is 2.44. The van der Waals surface area contributed by atoms with Crippen LogP contribution in [0.2, 0.25) is 0 Å². The largest absolute Gasteiger partial charge is 0.448 e. The minimum absolute atomic E-state index is 0.0941. The second kappa shape index (κ2) is 9.35. The van der Waals surface area contributed by atoms with Gasteiger partial charge in [-0.25, -0.2) is 4.79 Å². The van der Waals surface area contributed by atoms with Crippen LogP contribution in [0.15, 0.2) is 60.7 Å². The zero-order valence-corrected chi connectivity index (χ0v) is 20.9. The fraction of sp³-hybridized carbons (Fsp3) is 0.296. The van der Waals surface area contributed by atoms with Gasteiger partial charge in [-0.2, -0.15) is 0 Å². The van der Waals surface area contributed by atoms with E-state index in [4.69, 9.17) is 10.5 Å². The molecule has 6 heteroatoms. The van der Waals surface area contributed by atoms with E-state index >= 15 is 0 Å². The van der Waals surface area contributed by atoms with Gasteiger partial charge in [0.25, 0.3) is 0 Å². The number of nitrogen functional groups attached to an aromatic ring is 1. The van der Waals surface area contributed by atoms with Crippen molar-refractivity contribution < 1.29 is 9.53 Å². The van der Waals surface area contributed by atoms with Gasteiger partial charge in [0.15, 0.2) is 0 Å². The van der Waals surface area contributed by atoms with E-state index in [-0.39, 0.29) is 12.0 Å². The molecule has 1 heterocycles. The van der Waals surface area contributed by atoms with Crippen LogP contribution in [0.5, 0.6) is 0 Å². The second-order valence-corrected chi connectivity index (χ2v) is 10.1. The average molecular weight is 553 g/mol. The van der Waals surface area contributed by atoms with E-state index in [0.717, 1.165) is 34.5 Å². The molecule has 1 aliphatic heterocycles. The number of carbonyl (C=O) groups is 1. The highest BCUT2D eigenvalue weighted by molar-refractivity contribution is 14.1. The smallest absolute Gasteiger partial charge is 0.409 e. The van der Waals surface area contributed by atoms with Gasteiger partial charge >= 0.3 is 6.09 Å². The van der Waals surface area contributed by atoms with Gasteiger partial charge in [-0.15, -0.1) is 0 Å². The van der Waals surface area contributed by atoms with E-state index in [2.05, 4.69) is 89.0 Å². The summed E-state index contributed by atoms with van der Waals surface area (Å²) in [6.07, 6.45) is -0.216. The summed E-state index contributed by atoms with van der Waals surface area (Å²) in [6, 6.07) is 21.0. The van der Waals surface area contributed by atoms with Gasteiger partial charge in [0.2, 0.25) is 0 Å². The molecule has 0 radical (unpaired) electrons. The Bertz CT molecular complexity index is 1140. The number of anilines is 1. The van der Waals surface area contributed by atoms with Crippen LogP contribution in [-0.2, 0) is 11.3 Å². The molecule has 1 saturated heterocycles. The summed E-state index contributed by atoms with van der Waals surface area (Å²) in [7, 11) is 0. The summed E-state index contributed by atoms with van der Waals surface area (Å²) in [4.78, 5) is 17.1. The quantitative estimate of drug-likeness (QED) is 0.355. The SMILES string of the molecule is Cc1c(N)cc(I)cc1CN1CCN(C(=O)OCC2c3ccccc3-c3ccccc32)CC1. The monoisotopic (exact) mass is 553 g/mol. The number of hydrogen-bond donors (Lipinski definition) is 1. The first kappa shape index (κ1) is 22.2. The third-order valence-corrected chi connectivity index (χ3v) is 7.50. The maximum absolute atomic E-state index is 12.9. The summed E-state index contributed by atoms with van der Waals surface area (Å²) in [6.45, 7) is 6.31. The molecule has 5 nitrogen and oxygen atoms in total. The van der Waals surface area contributed by atoms with Gasteiger partial charge in [-0.05, 0) is 75.0 Å². The molecule has 33 heavy (non-hydrogen) atoms. The third kappa shape index (κ3) is 4.46. The standard InChI is InChI=1S/C27H28IN3O2/c1-18-19(14-20(28)15-26(18)29)16-30-10-12-31(13-11-30)27(32)33-17-25-23-8-4-2-6-21(23)22-7-3-5-9-24(22)25/h2-9,14-15,25H,10-13,16-17,29H2,1H3. The molecule has 0 aromatic heterocycles. The zero-order valence-electron chi connectivity index (χ0n) is 18.8. The molecule has 5 rings (SSSR count). The zero-order chi connectivity index (χ0) is 22.9. The molecule has 0 bridgehead atoms. The molecule has 1 aliphatic carbocycles. The predicted molar refractivity (Wildman–Crippen MR) is 140 cm³/mol. The van der Waals surface area contributed by atoms with Crippen molar-refractivity contribution in [1.82, 2.24) is 9.80 Å². The minimum Gasteiger partial charge on any atom is -0.448 e. The Labute approximate surface area is 208 Å². The van der Waals surface area contributed by atoms with Crippen LogP contribution in [0.25, 0.3) is 11.1 Å². The van der Waals surface area contributed by atoms with Crippen molar-refractivity contribution in [3.8, 4) is 11.1 Å². The van der Waals surface area contributed by atoms with Crippen molar-refractivity contribution in [3.05, 3.63) is 86.5 Å². The van der Waals surface area contributed by atoms with Gasteiger partial charge in [0, 0.05) is 47.9 Å². The number of piperazine rings is 1. The molecule has 0 spiro atoms. The topological polar surface area (TPSA) is 58.8 Å². The first-order valence-corrected chi connectivity index (χ1v) is 12.5. The van der Waals surface area contributed by atoms with Crippen LogP contribution in [0.3, 0.4) is 0 Å². The Morgan fingerprint density at radius 1 is 1.00 bits per heavy atom. The molecule has 0 saturated carbocycles. The van der Waals surface area contributed by atoms with Gasteiger partial charge < -0.3 is 15.4 Å². The summed E-state index contributed by atoms with van der Waals surface area (Å²) < 4.78 is 6.99. The van der Waals surface area contributed by atoms with Crippen LogP contribution in [-0.4, -0.2) is 48.7 Å². The summed E-state index contributed by atoms with van der Waals surface area (Å²) in [5.41, 5.74) is 14.4. The lowest BCUT2D eigenvalue weighted by Crippen LogP contribution is -2.48. The van der Waals surface area contributed by atoms with Crippen molar-refractivity contribution in [2.24, 2.45) is 0 Å². The van der Waals surface area contributed by atoms with Crippen molar-refractivity contribution in [1.29, 1.82) is 0 Å². The lowest BCUT2D eigenvalue weighted by atomic mass is 9.98. The minimum atomic E-state index is -0.216. The predicted octanol–water partition coefficient (Wildman–Crippen LogP) is 5.25. The highest BCUT2D eigenvalue weighted by atomic mass is 127. The Morgan fingerprint density at radius 3 is 2.24 bits per heavy atom. The first-order chi connectivity index (χ1) is 16.0. The van der Waals surface area contributed by atoms with Crippen molar-refractivity contribution >= 4 is 34.4 Å². The molecule has 2 aliphatic rings. The number of amides is 1. The van der Waals surface area contributed by atoms with Crippen LogP contribution >= 0.6 is 22.6 Å². The molecular formula is C27H28IN3O2. The van der Waals surface area contributed by atoms with Crippen LogP contribution in [0, 0.1) is 10.5 Å². The fourth-order valence-corrected chi connectivity index (χ4v) is 5.65. The van der Waals surface area contributed by atoms with Crippen LogP contribution in [0.1, 0.15) is 28.2 Å². The third-order valence-electron chi connectivity index (χ3n) is 6.88. The van der Waals surface area contributed by atoms with E-state index in [1.807, 2.05) is 11.0 Å². The lowest BCUT2D eigenvalue weighted by Gasteiger charge is -2.34. The number of halogens is 1. The molecule has 3 aromatic carbocycles. The second-order valence-electron chi connectivity index (χ2n) is 8.85.